The van der Waals surface area contributed by atoms with Gasteiger partial charge in [-0.25, -0.2) is 4.68 Å². The van der Waals surface area contributed by atoms with Gasteiger partial charge in [-0.15, -0.1) is 0 Å². The number of nitrogens with one attached hydrogen (secondary N) is 1. The van der Waals surface area contributed by atoms with Crippen LogP contribution < -0.4 is 0 Å². The average molecular weight is 517 g/mol. The van der Waals surface area contributed by atoms with E-state index in [2.05, 4.69) is 65.8 Å². The average Bonchev–Trinajstić information content (AvgIpc) is 3.21. The predicted molar refractivity (Wildman–Crippen MR) is 156 cm³/mol. The summed E-state index contributed by atoms with van der Waals surface area (Å²) in [5.41, 5.74) is 8.63. The molecule has 2 heterocycles. The third-order valence-electron chi connectivity index (χ3n) is 7.37. The Morgan fingerprint density at radius 1 is 1.13 bits per heavy atom. The molecule has 0 aliphatic heterocycles. The van der Waals surface area contributed by atoms with Crippen molar-refractivity contribution in [1.82, 2.24) is 14.8 Å². The number of nitrogens with zero attached hydrogens (tertiary/aromatic N) is 3. The maximum atomic E-state index is 11.8. The van der Waals surface area contributed by atoms with Gasteiger partial charge >= 0.3 is 5.97 Å². The molecule has 3 rings (SSSR count). The zero-order chi connectivity index (χ0) is 28.1. The molecule has 0 bridgehead atoms. The summed E-state index contributed by atoms with van der Waals surface area (Å²) in [6.07, 6.45) is 10.7. The van der Waals surface area contributed by atoms with Crippen molar-refractivity contribution in [3.63, 3.8) is 0 Å². The summed E-state index contributed by atoms with van der Waals surface area (Å²) in [6.45, 7) is 16.9. The molecule has 0 saturated heterocycles. The Kier molecular flexibility index (Phi) is 9.64. The zero-order valence-corrected chi connectivity index (χ0v) is 24.6. The van der Waals surface area contributed by atoms with Crippen LogP contribution in [0, 0.1) is 31.1 Å². The largest absolute Gasteiger partial charge is 0.469 e. The zero-order valence-electron chi connectivity index (χ0n) is 24.6. The second-order valence-electron chi connectivity index (χ2n) is 11.0. The highest BCUT2D eigenvalue weighted by Crippen LogP contribution is 2.36. The van der Waals surface area contributed by atoms with Gasteiger partial charge in [0, 0.05) is 34.0 Å². The summed E-state index contributed by atoms with van der Waals surface area (Å²) < 4.78 is 6.92. The number of esters is 1. The molecule has 38 heavy (non-hydrogen) atoms. The monoisotopic (exact) mass is 516 g/mol. The number of pyridine rings is 1. The Bertz CT molecular complexity index is 1280. The topological polar surface area (TPSA) is 80.9 Å². The van der Waals surface area contributed by atoms with Crippen LogP contribution in [0.15, 0.2) is 42.0 Å². The molecule has 204 valence electrons. The van der Waals surface area contributed by atoms with Crippen LogP contribution in [-0.2, 0) is 9.53 Å². The van der Waals surface area contributed by atoms with Gasteiger partial charge in [-0.1, -0.05) is 59.8 Å². The lowest BCUT2D eigenvalue weighted by Gasteiger charge is -2.18. The minimum Gasteiger partial charge on any atom is -0.469 e. The minimum absolute atomic E-state index is 0.117. The quantitative estimate of drug-likeness (QED) is 0.329. The number of rotatable bonds is 10. The van der Waals surface area contributed by atoms with Crippen molar-refractivity contribution in [3.05, 3.63) is 70.3 Å². The van der Waals surface area contributed by atoms with Crippen LogP contribution >= 0.6 is 0 Å². The van der Waals surface area contributed by atoms with Crippen molar-refractivity contribution in [1.29, 1.82) is 5.41 Å². The van der Waals surface area contributed by atoms with Crippen LogP contribution in [0.5, 0.6) is 0 Å². The Labute approximate surface area is 228 Å². The molecule has 0 saturated carbocycles. The number of carbonyl (C=O) groups excluding carboxylic acids is 1. The normalized spacial score (nSPS) is 16.3. The Hall–Kier alpha value is -3.28. The third kappa shape index (κ3) is 6.23. The molecule has 2 unspecified atom stereocenters. The van der Waals surface area contributed by atoms with Gasteiger partial charge in [-0.05, 0) is 63.2 Å². The highest BCUT2D eigenvalue weighted by molar-refractivity contribution is 6.19. The van der Waals surface area contributed by atoms with Crippen molar-refractivity contribution in [2.75, 3.05) is 7.11 Å². The number of methoxy groups -OCH3 is 1. The van der Waals surface area contributed by atoms with Crippen molar-refractivity contribution in [3.8, 4) is 5.69 Å². The summed E-state index contributed by atoms with van der Waals surface area (Å²) in [5.74, 6) is 0.606. The highest BCUT2D eigenvalue weighted by Gasteiger charge is 2.26. The lowest BCUT2D eigenvalue weighted by atomic mass is 9.87. The number of hydrogen-bond acceptors (Lipinski definition) is 5. The van der Waals surface area contributed by atoms with Crippen LogP contribution in [0.4, 0.5) is 0 Å². The van der Waals surface area contributed by atoms with E-state index in [1.54, 1.807) is 0 Å². The fourth-order valence-electron chi connectivity index (χ4n) is 5.28. The predicted octanol–water partition coefficient (Wildman–Crippen LogP) is 7.65. The van der Waals surface area contributed by atoms with Crippen molar-refractivity contribution >= 4 is 17.3 Å². The first-order chi connectivity index (χ1) is 18.0. The summed E-state index contributed by atoms with van der Waals surface area (Å²) in [4.78, 5) is 16.9. The molecule has 0 amide bonds. The van der Waals surface area contributed by atoms with Crippen molar-refractivity contribution in [2.45, 2.75) is 86.5 Å². The van der Waals surface area contributed by atoms with Gasteiger partial charge in [0.1, 0.15) is 0 Å². The Morgan fingerprint density at radius 3 is 2.42 bits per heavy atom. The van der Waals surface area contributed by atoms with Gasteiger partial charge in [-0.2, -0.15) is 5.10 Å². The number of aromatic nitrogens is 3. The summed E-state index contributed by atoms with van der Waals surface area (Å²) in [5, 5.41) is 13.7. The molecule has 6 nitrogen and oxygen atoms in total. The first-order valence-electron chi connectivity index (χ1n) is 13.8. The lowest BCUT2D eigenvalue weighted by Crippen LogP contribution is -2.14. The van der Waals surface area contributed by atoms with Gasteiger partial charge in [-0.3, -0.25) is 9.78 Å². The van der Waals surface area contributed by atoms with Crippen LogP contribution in [-0.4, -0.2) is 33.6 Å². The fourth-order valence-corrected chi connectivity index (χ4v) is 5.28. The van der Waals surface area contributed by atoms with Gasteiger partial charge in [0.25, 0.3) is 0 Å². The number of carbonyl (C=O) groups is 1. The standard InChI is InChI=1S/C32H44N4O2/c1-10-24(15-14-21(6)32(37)38-9)28-16-17-29(22(7)34-28)36-23(8)30(20(4)5)31(35-36)25-12-11-13-27(33)26(25)18-19(2)3/h11-13,16-21,24,33H,10,14-15H2,1-9H3/b26-18-,33-27?. The SMILES string of the molecule is CCC(CCC(C)C(=O)OC)c1ccc(-n2nc(C3=CC=CC(=N)/C3=C\C(C)C)c(C(C)C)c2C)c(C)n1. The summed E-state index contributed by atoms with van der Waals surface area (Å²) >= 11 is 0. The maximum Gasteiger partial charge on any atom is 0.308 e. The third-order valence-corrected chi connectivity index (χ3v) is 7.37. The number of ether oxygens (including phenoxy) is 1. The first-order valence-corrected chi connectivity index (χ1v) is 13.8. The molecule has 0 fully saturated rings. The van der Waals surface area contributed by atoms with Crippen LogP contribution in [0.1, 0.15) is 101 Å². The number of hydrogen-bond donors (Lipinski definition) is 1. The molecule has 0 aromatic carbocycles. The van der Waals surface area contributed by atoms with Crippen LogP contribution in [0.3, 0.4) is 0 Å². The minimum atomic E-state index is -0.157. The van der Waals surface area contributed by atoms with Crippen molar-refractivity contribution in [2.24, 2.45) is 11.8 Å². The second-order valence-corrected chi connectivity index (χ2v) is 11.0. The molecule has 6 heteroatoms. The maximum absolute atomic E-state index is 11.8. The van der Waals surface area contributed by atoms with Crippen LogP contribution in [0.2, 0.25) is 0 Å². The van der Waals surface area contributed by atoms with E-state index in [4.69, 9.17) is 20.2 Å². The Morgan fingerprint density at radius 2 is 1.84 bits per heavy atom. The van der Waals surface area contributed by atoms with E-state index < -0.39 is 0 Å². The molecule has 2 aromatic rings. The molecule has 2 atom stereocenters. The van der Waals surface area contributed by atoms with E-state index in [1.165, 1.54) is 12.7 Å². The van der Waals surface area contributed by atoms with Gasteiger partial charge < -0.3 is 10.1 Å². The number of aryl methyl sites for hydroxylation is 1. The smallest absolute Gasteiger partial charge is 0.308 e. The molecule has 0 spiro atoms. The van der Waals surface area contributed by atoms with Crippen LogP contribution in [0.25, 0.3) is 11.3 Å². The fraction of sp³-hybridized carbons (Fsp3) is 0.500. The van der Waals surface area contributed by atoms with E-state index in [9.17, 15) is 4.79 Å². The second kappa shape index (κ2) is 12.5. The van der Waals surface area contributed by atoms with E-state index in [1.807, 2.05) is 30.7 Å². The summed E-state index contributed by atoms with van der Waals surface area (Å²) in [7, 11) is 1.44. The summed E-state index contributed by atoms with van der Waals surface area (Å²) in [6, 6.07) is 4.23. The molecule has 1 N–H and O–H groups in total. The van der Waals surface area contributed by atoms with Gasteiger partial charge in [0.2, 0.25) is 0 Å². The number of allylic oxidation sites excluding steroid dienone is 6. The first kappa shape index (κ1) is 29.3. The molecule has 0 radical (unpaired) electrons. The molecule has 1 aliphatic rings. The van der Waals surface area contributed by atoms with Gasteiger partial charge in [0.15, 0.2) is 0 Å². The van der Waals surface area contributed by atoms with E-state index in [-0.39, 0.29) is 23.7 Å². The van der Waals surface area contributed by atoms with E-state index >= 15 is 0 Å². The Balaban J connectivity index is 2.02. The molecule has 2 aromatic heterocycles. The van der Waals surface area contributed by atoms with Gasteiger partial charge in [0.05, 0.1) is 35.8 Å². The molecular formula is C32H44N4O2. The lowest BCUT2D eigenvalue weighted by molar-refractivity contribution is -0.145. The van der Waals surface area contributed by atoms with E-state index in [0.29, 0.717) is 11.6 Å². The molecular weight excluding hydrogens is 472 g/mol. The molecule has 1 aliphatic carbocycles. The van der Waals surface area contributed by atoms with E-state index in [0.717, 1.165) is 58.9 Å². The highest BCUT2D eigenvalue weighted by atomic mass is 16.5. The van der Waals surface area contributed by atoms with Crippen molar-refractivity contribution < 1.29 is 9.53 Å².